The Labute approximate surface area is 173 Å². The summed E-state index contributed by atoms with van der Waals surface area (Å²) in [4.78, 5) is 19.0. The van der Waals surface area contributed by atoms with Gasteiger partial charge in [0.1, 0.15) is 11.1 Å². The van der Waals surface area contributed by atoms with Crippen LogP contribution in [-0.2, 0) is 0 Å². The van der Waals surface area contributed by atoms with E-state index in [-0.39, 0.29) is 5.91 Å². The second-order valence-corrected chi connectivity index (χ2v) is 8.22. The zero-order valence-corrected chi connectivity index (χ0v) is 17.2. The molecule has 0 bridgehead atoms. The Balaban J connectivity index is 1.83. The van der Waals surface area contributed by atoms with Crippen molar-refractivity contribution in [3.05, 3.63) is 81.7 Å². The second kappa shape index (κ2) is 7.50. The van der Waals surface area contributed by atoms with Gasteiger partial charge in [0.25, 0.3) is 5.91 Å². The van der Waals surface area contributed by atoms with Crippen LogP contribution in [0, 0.1) is 32.1 Å². The standard InChI is InChI=1S/C24H19N3OS/c1-14-7-6-8-17(11-14)22-12-19(18-9-4-5-10-21(18)26-22)23(28)27-24-20(13-25)15(2)16(3)29-24/h4-12H,1-3H3,(H,27,28). The molecule has 0 aliphatic rings. The lowest BCUT2D eigenvalue weighted by molar-refractivity contribution is 0.102. The number of aromatic nitrogens is 1. The normalized spacial score (nSPS) is 10.7. The highest BCUT2D eigenvalue weighted by molar-refractivity contribution is 7.16. The molecule has 0 saturated heterocycles. The van der Waals surface area contributed by atoms with Gasteiger partial charge in [-0.05, 0) is 44.5 Å². The lowest BCUT2D eigenvalue weighted by atomic mass is 10.0. The van der Waals surface area contributed by atoms with Gasteiger partial charge in [0.05, 0.1) is 22.3 Å². The maximum Gasteiger partial charge on any atom is 0.257 e. The Bertz CT molecular complexity index is 1300. The third-order valence-corrected chi connectivity index (χ3v) is 6.12. The molecule has 0 radical (unpaired) electrons. The average Bonchev–Trinajstić information content (AvgIpc) is 2.99. The minimum absolute atomic E-state index is 0.241. The van der Waals surface area contributed by atoms with Crippen LogP contribution >= 0.6 is 11.3 Å². The minimum Gasteiger partial charge on any atom is -0.312 e. The van der Waals surface area contributed by atoms with Crippen LogP contribution in [0.2, 0.25) is 0 Å². The number of nitriles is 1. The van der Waals surface area contributed by atoms with E-state index in [2.05, 4.69) is 17.5 Å². The largest absolute Gasteiger partial charge is 0.312 e. The number of carbonyl (C=O) groups excluding carboxylic acids is 1. The first-order valence-electron chi connectivity index (χ1n) is 9.26. The molecule has 142 valence electrons. The van der Waals surface area contributed by atoms with E-state index in [9.17, 15) is 10.1 Å². The molecule has 1 N–H and O–H groups in total. The number of anilines is 1. The van der Waals surface area contributed by atoms with Gasteiger partial charge < -0.3 is 5.32 Å². The van der Waals surface area contributed by atoms with E-state index >= 15 is 0 Å². The monoisotopic (exact) mass is 397 g/mol. The number of hydrogen-bond donors (Lipinski definition) is 1. The number of para-hydroxylation sites is 1. The van der Waals surface area contributed by atoms with Gasteiger partial charge in [0.2, 0.25) is 0 Å². The van der Waals surface area contributed by atoms with Crippen LogP contribution < -0.4 is 5.32 Å². The summed E-state index contributed by atoms with van der Waals surface area (Å²) >= 11 is 1.43. The molecule has 0 spiro atoms. The molecule has 0 aliphatic heterocycles. The zero-order chi connectivity index (χ0) is 20.5. The summed E-state index contributed by atoms with van der Waals surface area (Å²) in [6.45, 7) is 5.88. The molecule has 0 atom stereocenters. The predicted molar refractivity (Wildman–Crippen MR) is 118 cm³/mol. The molecule has 0 fully saturated rings. The molecule has 2 aromatic heterocycles. The number of nitrogens with zero attached hydrogens (tertiary/aromatic N) is 2. The summed E-state index contributed by atoms with van der Waals surface area (Å²) in [5.74, 6) is -0.241. The fraction of sp³-hybridized carbons (Fsp3) is 0.125. The van der Waals surface area contributed by atoms with Gasteiger partial charge >= 0.3 is 0 Å². The average molecular weight is 398 g/mol. The predicted octanol–water partition coefficient (Wildman–Crippen LogP) is 6.01. The Morgan fingerprint density at radius 3 is 2.62 bits per heavy atom. The SMILES string of the molecule is Cc1cccc(-c2cc(C(=O)Nc3sc(C)c(C)c3C#N)c3ccccc3n2)c1. The maximum absolute atomic E-state index is 13.2. The van der Waals surface area contributed by atoms with Gasteiger partial charge in [0, 0.05) is 15.8 Å². The van der Waals surface area contributed by atoms with Gasteiger partial charge in [-0.15, -0.1) is 11.3 Å². The van der Waals surface area contributed by atoms with Crippen molar-refractivity contribution in [3.63, 3.8) is 0 Å². The lowest BCUT2D eigenvalue weighted by Gasteiger charge is -2.10. The van der Waals surface area contributed by atoms with Crippen LogP contribution in [0.4, 0.5) is 5.00 Å². The third kappa shape index (κ3) is 3.51. The fourth-order valence-electron chi connectivity index (χ4n) is 3.34. The maximum atomic E-state index is 13.2. The van der Waals surface area contributed by atoms with Crippen molar-refractivity contribution < 1.29 is 4.79 Å². The van der Waals surface area contributed by atoms with Crippen LogP contribution in [0.15, 0.2) is 54.6 Å². The Kier molecular flexibility index (Phi) is 4.87. The van der Waals surface area contributed by atoms with Gasteiger partial charge in [-0.2, -0.15) is 5.26 Å². The van der Waals surface area contributed by atoms with Gasteiger partial charge in [0.15, 0.2) is 0 Å². The van der Waals surface area contributed by atoms with E-state index in [0.717, 1.165) is 38.2 Å². The van der Waals surface area contributed by atoms with E-state index in [1.165, 1.54) is 11.3 Å². The zero-order valence-electron chi connectivity index (χ0n) is 16.4. The van der Waals surface area contributed by atoms with E-state index in [1.807, 2.05) is 69.3 Å². The first kappa shape index (κ1) is 18.9. The summed E-state index contributed by atoms with van der Waals surface area (Å²) in [7, 11) is 0. The van der Waals surface area contributed by atoms with Crippen molar-refractivity contribution in [1.82, 2.24) is 4.98 Å². The van der Waals surface area contributed by atoms with Crippen molar-refractivity contribution in [1.29, 1.82) is 5.26 Å². The fourth-order valence-corrected chi connectivity index (χ4v) is 4.34. The van der Waals surface area contributed by atoms with Crippen molar-refractivity contribution in [2.75, 3.05) is 5.32 Å². The molecular weight excluding hydrogens is 378 g/mol. The van der Waals surface area contributed by atoms with Gasteiger partial charge in [-0.25, -0.2) is 4.98 Å². The summed E-state index contributed by atoms with van der Waals surface area (Å²) < 4.78 is 0. The minimum atomic E-state index is -0.241. The van der Waals surface area contributed by atoms with Gasteiger partial charge in [-0.3, -0.25) is 4.79 Å². The molecule has 5 heteroatoms. The van der Waals surface area contributed by atoms with E-state index in [0.29, 0.717) is 16.1 Å². The molecule has 4 aromatic rings. The molecule has 0 aliphatic carbocycles. The highest BCUT2D eigenvalue weighted by atomic mass is 32.1. The summed E-state index contributed by atoms with van der Waals surface area (Å²) in [5.41, 5.74) is 5.58. The number of aryl methyl sites for hydroxylation is 2. The summed E-state index contributed by atoms with van der Waals surface area (Å²) in [5, 5.41) is 13.8. The topological polar surface area (TPSA) is 65.8 Å². The number of nitrogens with one attached hydrogen (secondary N) is 1. The molecule has 2 aromatic carbocycles. The number of amides is 1. The smallest absolute Gasteiger partial charge is 0.257 e. The van der Waals surface area contributed by atoms with E-state index in [1.54, 1.807) is 0 Å². The number of rotatable bonds is 3. The van der Waals surface area contributed by atoms with E-state index in [4.69, 9.17) is 4.98 Å². The summed E-state index contributed by atoms with van der Waals surface area (Å²) in [6.07, 6.45) is 0. The van der Waals surface area contributed by atoms with Crippen LogP contribution in [0.3, 0.4) is 0 Å². The summed E-state index contributed by atoms with van der Waals surface area (Å²) in [6, 6.07) is 19.7. The Morgan fingerprint density at radius 2 is 1.86 bits per heavy atom. The van der Waals surface area contributed by atoms with Crippen LogP contribution in [0.1, 0.15) is 31.9 Å². The van der Waals surface area contributed by atoms with Crippen LogP contribution in [0.5, 0.6) is 0 Å². The number of pyridine rings is 1. The number of hydrogen-bond acceptors (Lipinski definition) is 4. The highest BCUT2D eigenvalue weighted by Gasteiger charge is 2.18. The van der Waals surface area contributed by atoms with Crippen molar-refractivity contribution in [3.8, 4) is 17.3 Å². The molecule has 4 rings (SSSR count). The lowest BCUT2D eigenvalue weighted by Crippen LogP contribution is -2.13. The van der Waals surface area contributed by atoms with Crippen LogP contribution in [0.25, 0.3) is 22.2 Å². The quantitative estimate of drug-likeness (QED) is 0.460. The Hall–Kier alpha value is -3.49. The van der Waals surface area contributed by atoms with Gasteiger partial charge in [-0.1, -0.05) is 42.0 Å². The van der Waals surface area contributed by atoms with Crippen molar-refractivity contribution in [2.24, 2.45) is 0 Å². The number of carbonyl (C=O) groups is 1. The van der Waals surface area contributed by atoms with Crippen molar-refractivity contribution >= 4 is 33.1 Å². The molecular formula is C24H19N3OS. The molecule has 29 heavy (non-hydrogen) atoms. The molecule has 4 nitrogen and oxygen atoms in total. The second-order valence-electron chi connectivity index (χ2n) is 6.99. The molecule has 1 amide bonds. The first-order chi connectivity index (χ1) is 14.0. The number of thiophene rings is 1. The number of fused-ring (bicyclic) bond motifs is 1. The highest BCUT2D eigenvalue weighted by Crippen LogP contribution is 2.33. The Morgan fingerprint density at radius 1 is 1.07 bits per heavy atom. The van der Waals surface area contributed by atoms with Crippen LogP contribution in [-0.4, -0.2) is 10.9 Å². The molecule has 2 heterocycles. The van der Waals surface area contributed by atoms with Crippen molar-refractivity contribution in [2.45, 2.75) is 20.8 Å². The number of benzene rings is 2. The van der Waals surface area contributed by atoms with E-state index < -0.39 is 0 Å². The molecule has 0 saturated carbocycles. The first-order valence-corrected chi connectivity index (χ1v) is 10.1. The third-order valence-electron chi connectivity index (χ3n) is 5.00. The molecule has 0 unspecified atom stereocenters.